The van der Waals surface area contributed by atoms with E-state index in [0.29, 0.717) is 28.9 Å². The zero-order valence-corrected chi connectivity index (χ0v) is 12.7. The molecule has 0 saturated heterocycles. The average Bonchev–Trinajstić information content (AvgIpc) is 2.80. The molecule has 116 valence electrons. The van der Waals surface area contributed by atoms with E-state index < -0.39 is 0 Å². The number of fused-ring (bicyclic) bond motifs is 1. The molecule has 0 radical (unpaired) electrons. The van der Waals surface area contributed by atoms with Crippen molar-refractivity contribution < 1.29 is 14.4 Å². The van der Waals surface area contributed by atoms with Crippen LogP contribution in [0.25, 0.3) is 0 Å². The molecule has 5 heteroatoms. The molecule has 0 aromatic heterocycles. The highest BCUT2D eigenvalue weighted by molar-refractivity contribution is 6.34. The van der Waals surface area contributed by atoms with Gasteiger partial charge in [-0.25, -0.2) is 4.90 Å². The van der Waals surface area contributed by atoms with E-state index in [9.17, 15) is 14.4 Å². The molecule has 0 aliphatic carbocycles. The molecule has 0 saturated carbocycles. The average molecular weight is 308 g/mol. The van der Waals surface area contributed by atoms with Crippen molar-refractivity contribution in [1.29, 1.82) is 0 Å². The second kappa shape index (κ2) is 6.04. The fourth-order valence-electron chi connectivity index (χ4n) is 2.60. The van der Waals surface area contributed by atoms with Gasteiger partial charge in [-0.2, -0.15) is 0 Å². The summed E-state index contributed by atoms with van der Waals surface area (Å²) < 4.78 is 0. The predicted octanol–water partition coefficient (Wildman–Crippen LogP) is 3.23. The van der Waals surface area contributed by atoms with Gasteiger partial charge in [0.25, 0.3) is 11.8 Å². The molecule has 2 aromatic rings. The van der Waals surface area contributed by atoms with Gasteiger partial charge in [0.05, 0.1) is 16.8 Å². The van der Waals surface area contributed by atoms with Gasteiger partial charge in [-0.05, 0) is 36.8 Å². The monoisotopic (exact) mass is 308 g/mol. The summed E-state index contributed by atoms with van der Waals surface area (Å²) in [4.78, 5) is 37.8. The first kappa shape index (κ1) is 15.0. The molecule has 2 aromatic carbocycles. The Kier molecular flexibility index (Phi) is 3.93. The predicted molar refractivity (Wildman–Crippen MR) is 87.6 cm³/mol. The minimum absolute atomic E-state index is 0.0907. The van der Waals surface area contributed by atoms with E-state index in [2.05, 4.69) is 5.32 Å². The maximum Gasteiger partial charge on any atom is 0.266 e. The van der Waals surface area contributed by atoms with Crippen LogP contribution in [0.15, 0.2) is 48.5 Å². The largest absolute Gasteiger partial charge is 0.326 e. The number of carbonyl (C=O) groups excluding carboxylic acids is 3. The van der Waals surface area contributed by atoms with Crippen LogP contribution < -0.4 is 10.2 Å². The topological polar surface area (TPSA) is 66.5 Å². The molecule has 3 rings (SSSR count). The molecule has 0 fully saturated rings. The molecule has 1 aliphatic rings. The Bertz CT molecular complexity index is 763. The van der Waals surface area contributed by atoms with E-state index in [1.807, 2.05) is 6.92 Å². The quantitative estimate of drug-likeness (QED) is 0.882. The van der Waals surface area contributed by atoms with Gasteiger partial charge in [-0.3, -0.25) is 14.4 Å². The van der Waals surface area contributed by atoms with Crippen LogP contribution in [0.2, 0.25) is 0 Å². The van der Waals surface area contributed by atoms with Crippen molar-refractivity contribution >= 4 is 29.1 Å². The maximum atomic E-state index is 12.5. The summed E-state index contributed by atoms with van der Waals surface area (Å²) in [7, 11) is 0. The van der Waals surface area contributed by atoms with Crippen molar-refractivity contribution in [3.05, 3.63) is 59.7 Å². The molecule has 1 heterocycles. The number of anilines is 2. The maximum absolute atomic E-state index is 12.5. The first-order valence-electron chi connectivity index (χ1n) is 7.49. The first-order valence-corrected chi connectivity index (χ1v) is 7.49. The smallest absolute Gasteiger partial charge is 0.266 e. The highest BCUT2D eigenvalue weighted by Gasteiger charge is 2.36. The van der Waals surface area contributed by atoms with E-state index in [4.69, 9.17) is 0 Å². The van der Waals surface area contributed by atoms with Crippen LogP contribution in [0.1, 0.15) is 40.5 Å². The number of benzene rings is 2. The van der Waals surface area contributed by atoms with Crippen LogP contribution in [0.4, 0.5) is 11.4 Å². The summed E-state index contributed by atoms with van der Waals surface area (Å²) in [6.07, 6.45) is 1.18. The van der Waals surface area contributed by atoms with Gasteiger partial charge >= 0.3 is 0 Å². The van der Waals surface area contributed by atoms with E-state index >= 15 is 0 Å². The van der Waals surface area contributed by atoms with Gasteiger partial charge in [0.15, 0.2) is 0 Å². The lowest BCUT2D eigenvalue weighted by molar-refractivity contribution is -0.116. The van der Waals surface area contributed by atoms with Crippen molar-refractivity contribution in [1.82, 2.24) is 0 Å². The molecule has 0 spiro atoms. The van der Waals surface area contributed by atoms with Gasteiger partial charge in [-0.15, -0.1) is 0 Å². The van der Waals surface area contributed by atoms with E-state index in [1.54, 1.807) is 48.5 Å². The molecule has 23 heavy (non-hydrogen) atoms. The second-order valence-electron chi connectivity index (χ2n) is 5.34. The van der Waals surface area contributed by atoms with Crippen LogP contribution >= 0.6 is 0 Å². The Balaban J connectivity index is 1.90. The summed E-state index contributed by atoms with van der Waals surface area (Å²) in [6.45, 7) is 1.93. The molecule has 0 unspecified atom stereocenters. The molecular formula is C18H16N2O3. The van der Waals surface area contributed by atoms with Gasteiger partial charge in [0.1, 0.15) is 0 Å². The molecule has 3 amide bonds. The third kappa shape index (κ3) is 2.73. The SMILES string of the molecule is CCCC(=O)Nc1cccc(N2C(=O)c3ccccc3C2=O)c1. The van der Waals surface area contributed by atoms with Crippen molar-refractivity contribution in [3.8, 4) is 0 Å². The third-order valence-corrected chi connectivity index (χ3v) is 3.66. The minimum Gasteiger partial charge on any atom is -0.326 e. The van der Waals surface area contributed by atoms with Crippen molar-refractivity contribution in [2.24, 2.45) is 0 Å². The Hall–Kier alpha value is -2.95. The highest BCUT2D eigenvalue weighted by atomic mass is 16.2. The number of carbonyl (C=O) groups is 3. The number of nitrogens with one attached hydrogen (secondary N) is 1. The van der Waals surface area contributed by atoms with Crippen molar-refractivity contribution in [2.45, 2.75) is 19.8 Å². The number of nitrogens with zero attached hydrogens (tertiary/aromatic N) is 1. The highest BCUT2D eigenvalue weighted by Crippen LogP contribution is 2.29. The van der Waals surface area contributed by atoms with Gasteiger partial charge in [0, 0.05) is 12.1 Å². The lowest BCUT2D eigenvalue weighted by atomic mass is 10.1. The standard InChI is InChI=1S/C18H16N2O3/c1-2-6-16(21)19-12-7-5-8-13(11-12)20-17(22)14-9-3-4-10-15(14)18(20)23/h3-5,7-11H,2,6H2,1H3,(H,19,21). The van der Waals surface area contributed by atoms with Gasteiger partial charge in [-0.1, -0.05) is 25.1 Å². The van der Waals surface area contributed by atoms with Crippen LogP contribution in [-0.4, -0.2) is 17.7 Å². The summed E-state index contributed by atoms with van der Waals surface area (Å²) in [5.74, 6) is -0.780. The molecular weight excluding hydrogens is 292 g/mol. The summed E-state index contributed by atoms with van der Waals surface area (Å²) in [5, 5.41) is 2.77. The molecule has 0 bridgehead atoms. The Morgan fingerprint density at radius 1 is 1.00 bits per heavy atom. The van der Waals surface area contributed by atoms with E-state index in [0.717, 1.165) is 11.3 Å². The summed E-state index contributed by atoms with van der Waals surface area (Å²) >= 11 is 0. The van der Waals surface area contributed by atoms with Gasteiger partial charge < -0.3 is 5.32 Å². The number of rotatable bonds is 4. The minimum atomic E-state index is -0.345. The fourth-order valence-corrected chi connectivity index (χ4v) is 2.60. The van der Waals surface area contributed by atoms with Crippen LogP contribution in [0, 0.1) is 0 Å². The van der Waals surface area contributed by atoms with Gasteiger partial charge in [0.2, 0.25) is 5.91 Å². The number of imide groups is 1. The fraction of sp³-hybridized carbons (Fsp3) is 0.167. The zero-order chi connectivity index (χ0) is 16.4. The molecule has 1 N–H and O–H groups in total. The number of amides is 3. The number of hydrogen-bond acceptors (Lipinski definition) is 3. The first-order chi connectivity index (χ1) is 11.1. The van der Waals surface area contributed by atoms with Crippen LogP contribution in [0.5, 0.6) is 0 Å². The van der Waals surface area contributed by atoms with Crippen LogP contribution in [0.3, 0.4) is 0 Å². The van der Waals surface area contributed by atoms with Crippen LogP contribution in [-0.2, 0) is 4.79 Å². The summed E-state index contributed by atoms with van der Waals surface area (Å²) in [6, 6.07) is 13.5. The molecule has 5 nitrogen and oxygen atoms in total. The lowest BCUT2D eigenvalue weighted by Gasteiger charge is -2.15. The van der Waals surface area contributed by atoms with Crippen molar-refractivity contribution in [2.75, 3.05) is 10.2 Å². The Morgan fingerprint density at radius 2 is 1.65 bits per heavy atom. The van der Waals surface area contributed by atoms with Crippen molar-refractivity contribution in [3.63, 3.8) is 0 Å². The third-order valence-electron chi connectivity index (χ3n) is 3.66. The van der Waals surface area contributed by atoms with E-state index in [1.165, 1.54) is 0 Å². The van der Waals surface area contributed by atoms with E-state index in [-0.39, 0.29) is 17.7 Å². The lowest BCUT2D eigenvalue weighted by Crippen LogP contribution is -2.29. The zero-order valence-electron chi connectivity index (χ0n) is 12.7. The Labute approximate surface area is 133 Å². The second-order valence-corrected chi connectivity index (χ2v) is 5.34. The molecule has 0 atom stereocenters. The summed E-state index contributed by atoms with van der Waals surface area (Å²) in [5.41, 5.74) is 1.82. The normalized spacial score (nSPS) is 13.2. The number of hydrogen-bond donors (Lipinski definition) is 1. The Morgan fingerprint density at radius 3 is 2.26 bits per heavy atom. The molecule has 1 aliphatic heterocycles.